The Labute approximate surface area is 124 Å². The molecule has 1 aromatic carbocycles. The predicted molar refractivity (Wildman–Crippen MR) is 74.1 cm³/mol. The van der Waals surface area contributed by atoms with E-state index in [0.29, 0.717) is 10.2 Å². The largest absolute Gasteiger partial charge is 0.483 e. The Bertz CT molecular complexity index is 533. The first-order valence-corrected chi connectivity index (χ1v) is 6.53. The van der Waals surface area contributed by atoms with Crippen molar-refractivity contribution in [2.45, 2.75) is 19.4 Å². The highest BCUT2D eigenvalue weighted by atomic mass is 79.9. The van der Waals surface area contributed by atoms with Gasteiger partial charge in [0.15, 0.2) is 6.61 Å². The van der Waals surface area contributed by atoms with Crippen molar-refractivity contribution in [3.8, 4) is 5.75 Å². The number of carboxylic acid groups (broad SMARTS) is 1. The van der Waals surface area contributed by atoms with Crippen LogP contribution in [0, 0.1) is 5.82 Å². The Kier molecular flexibility index (Phi) is 5.10. The number of rotatable bonds is 5. The van der Waals surface area contributed by atoms with E-state index in [9.17, 15) is 14.0 Å². The van der Waals surface area contributed by atoms with Crippen molar-refractivity contribution >= 4 is 27.8 Å². The van der Waals surface area contributed by atoms with Crippen molar-refractivity contribution < 1.29 is 23.8 Å². The zero-order valence-corrected chi connectivity index (χ0v) is 12.9. The van der Waals surface area contributed by atoms with E-state index in [1.807, 2.05) is 0 Å². The third-order valence-corrected chi connectivity index (χ3v) is 3.60. The maximum atomic E-state index is 12.9. The first-order valence-electron chi connectivity index (χ1n) is 5.74. The zero-order chi connectivity index (χ0) is 15.5. The molecule has 1 rings (SSSR count). The van der Waals surface area contributed by atoms with Gasteiger partial charge in [-0.15, -0.1) is 0 Å². The fourth-order valence-corrected chi connectivity index (χ4v) is 1.75. The van der Waals surface area contributed by atoms with E-state index in [4.69, 9.17) is 9.84 Å². The van der Waals surface area contributed by atoms with Crippen molar-refractivity contribution in [2.75, 3.05) is 13.7 Å². The molecule has 0 unspecified atom stereocenters. The fraction of sp³-hybridized carbons (Fsp3) is 0.385. The van der Waals surface area contributed by atoms with Crippen LogP contribution in [0.1, 0.15) is 13.8 Å². The lowest BCUT2D eigenvalue weighted by molar-refractivity contribution is -0.156. The summed E-state index contributed by atoms with van der Waals surface area (Å²) in [6.07, 6.45) is 0. The molecule has 7 heteroatoms. The van der Waals surface area contributed by atoms with Gasteiger partial charge >= 0.3 is 5.97 Å². The molecule has 20 heavy (non-hydrogen) atoms. The lowest BCUT2D eigenvalue weighted by Crippen LogP contribution is -2.52. The van der Waals surface area contributed by atoms with Crippen molar-refractivity contribution in [1.29, 1.82) is 0 Å². The van der Waals surface area contributed by atoms with Crippen LogP contribution < -0.4 is 4.74 Å². The number of aliphatic carboxylic acids is 1. The highest BCUT2D eigenvalue weighted by Gasteiger charge is 2.35. The molecule has 0 atom stereocenters. The Morgan fingerprint density at radius 1 is 1.45 bits per heavy atom. The summed E-state index contributed by atoms with van der Waals surface area (Å²) in [7, 11) is 1.39. The van der Waals surface area contributed by atoms with Gasteiger partial charge < -0.3 is 14.7 Å². The van der Waals surface area contributed by atoms with E-state index < -0.39 is 23.2 Å². The summed E-state index contributed by atoms with van der Waals surface area (Å²) in [6.45, 7) is 2.50. The van der Waals surface area contributed by atoms with E-state index in [1.54, 1.807) is 0 Å². The van der Waals surface area contributed by atoms with E-state index in [-0.39, 0.29) is 6.61 Å². The Morgan fingerprint density at radius 2 is 2.05 bits per heavy atom. The molecular weight excluding hydrogens is 333 g/mol. The first-order chi connectivity index (χ1) is 9.16. The molecule has 0 aliphatic heterocycles. The summed E-state index contributed by atoms with van der Waals surface area (Å²) in [5.41, 5.74) is -1.33. The van der Waals surface area contributed by atoms with Gasteiger partial charge in [0, 0.05) is 7.05 Å². The number of likely N-dealkylation sites (N-methyl/N-ethyl adjacent to an activating group) is 1. The fourth-order valence-electron chi connectivity index (χ4n) is 1.28. The van der Waals surface area contributed by atoms with E-state index in [0.717, 1.165) is 4.90 Å². The second kappa shape index (κ2) is 6.21. The molecule has 5 nitrogen and oxygen atoms in total. The summed E-state index contributed by atoms with van der Waals surface area (Å²) in [4.78, 5) is 24.0. The van der Waals surface area contributed by atoms with Crippen LogP contribution >= 0.6 is 15.9 Å². The maximum Gasteiger partial charge on any atom is 0.329 e. The molecule has 0 aliphatic rings. The van der Waals surface area contributed by atoms with E-state index >= 15 is 0 Å². The molecule has 0 saturated heterocycles. The van der Waals surface area contributed by atoms with Crippen LogP contribution in [0.4, 0.5) is 4.39 Å². The lowest BCUT2D eigenvalue weighted by atomic mass is 10.0. The first kappa shape index (κ1) is 16.4. The van der Waals surface area contributed by atoms with Crippen molar-refractivity contribution in [2.24, 2.45) is 0 Å². The monoisotopic (exact) mass is 347 g/mol. The molecule has 1 N–H and O–H groups in total. The van der Waals surface area contributed by atoms with Gasteiger partial charge in [0.1, 0.15) is 17.1 Å². The number of amides is 1. The number of carbonyl (C=O) groups is 2. The van der Waals surface area contributed by atoms with Gasteiger partial charge in [-0.25, -0.2) is 9.18 Å². The van der Waals surface area contributed by atoms with Crippen LogP contribution in [0.15, 0.2) is 22.7 Å². The van der Waals surface area contributed by atoms with Crippen molar-refractivity contribution in [1.82, 2.24) is 4.90 Å². The Hall–Kier alpha value is -1.63. The molecular formula is C13H15BrFNO4. The number of hydrogen-bond acceptors (Lipinski definition) is 3. The van der Waals surface area contributed by atoms with Crippen LogP contribution in [0.3, 0.4) is 0 Å². The van der Waals surface area contributed by atoms with Crippen LogP contribution in [0.25, 0.3) is 0 Å². The Balaban J connectivity index is 2.70. The number of nitrogens with zero attached hydrogens (tertiary/aromatic N) is 1. The molecule has 0 radical (unpaired) electrons. The zero-order valence-electron chi connectivity index (χ0n) is 11.3. The predicted octanol–water partition coefficient (Wildman–Crippen LogP) is 2.29. The summed E-state index contributed by atoms with van der Waals surface area (Å²) in [5.74, 6) is -1.73. The van der Waals surface area contributed by atoms with Crippen molar-refractivity contribution in [3.05, 3.63) is 28.5 Å². The molecule has 0 spiro atoms. The van der Waals surface area contributed by atoms with Gasteiger partial charge in [-0.2, -0.15) is 0 Å². The van der Waals surface area contributed by atoms with Crippen LogP contribution in [0.2, 0.25) is 0 Å². The highest BCUT2D eigenvalue weighted by Crippen LogP contribution is 2.25. The van der Waals surface area contributed by atoms with E-state index in [2.05, 4.69) is 15.9 Å². The average molecular weight is 348 g/mol. The molecule has 1 amide bonds. The van der Waals surface area contributed by atoms with Gasteiger partial charge in [0.2, 0.25) is 0 Å². The smallest absolute Gasteiger partial charge is 0.329 e. The molecule has 0 heterocycles. The standard InChI is InChI=1S/C13H15BrFNO4/c1-13(2,12(18)19)16(3)11(17)7-20-10-5-4-8(15)6-9(10)14/h4-6H,7H2,1-3H3,(H,18,19). The number of hydrogen-bond donors (Lipinski definition) is 1. The maximum absolute atomic E-state index is 12.9. The topological polar surface area (TPSA) is 66.8 Å². The highest BCUT2D eigenvalue weighted by molar-refractivity contribution is 9.10. The van der Waals surface area contributed by atoms with Gasteiger partial charge in [0.25, 0.3) is 5.91 Å². The van der Waals surface area contributed by atoms with Gasteiger partial charge in [-0.1, -0.05) is 0 Å². The average Bonchev–Trinajstić information content (AvgIpc) is 2.36. The van der Waals surface area contributed by atoms with Gasteiger partial charge in [0.05, 0.1) is 4.47 Å². The summed E-state index contributed by atoms with van der Waals surface area (Å²) in [5, 5.41) is 9.04. The number of carboxylic acids is 1. The number of halogens is 2. The van der Waals surface area contributed by atoms with Crippen molar-refractivity contribution in [3.63, 3.8) is 0 Å². The SMILES string of the molecule is CN(C(=O)COc1ccc(F)cc1Br)C(C)(C)C(=O)O. The molecule has 110 valence electrons. The summed E-state index contributed by atoms with van der Waals surface area (Å²) in [6, 6.07) is 3.80. The van der Waals surface area contributed by atoms with Crippen LogP contribution in [0.5, 0.6) is 5.75 Å². The third kappa shape index (κ3) is 3.69. The minimum Gasteiger partial charge on any atom is -0.483 e. The Morgan fingerprint density at radius 3 is 2.55 bits per heavy atom. The third-order valence-electron chi connectivity index (χ3n) is 2.98. The second-order valence-electron chi connectivity index (χ2n) is 4.68. The quantitative estimate of drug-likeness (QED) is 0.887. The molecule has 0 aromatic heterocycles. The lowest BCUT2D eigenvalue weighted by Gasteiger charge is -2.31. The minimum absolute atomic E-state index is 0.307. The normalized spacial score (nSPS) is 11.1. The van der Waals surface area contributed by atoms with Gasteiger partial charge in [-0.05, 0) is 48.0 Å². The molecule has 0 aliphatic carbocycles. The minimum atomic E-state index is -1.33. The number of benzene rings is 1. The second-order valence-corrected chi connectivity index (χ2v) is 5.53. The number of ether oxygens (including phenoxy) is 1. The molecule has 0 fully saturated rings. The molecule has 1 aromatic rings. The van der Waals surface area contributed by atoms with Gasteiger partial charge in [-0.3, -0.25) is 4.79 Å². The van der Waals surface area contributed by atoms with Crippen LogP contribution in [-0.2, 0) is 9.59 Å². The molecule has 0 saturated carbocycles. The van der Waals surface area contributed by atoms with Crippen LogP contribution in [-0.4, -0.2) is 41.1 Å². The summed E-state index contributed by atoms with van der Waals surface area (Å²) >= 11 is 3.11. The van der Waals surface area contributed by atoms with E-state index in [1.165, 1.54) is 39.1 Å². The summed E-state index contributed by atoms with van der Waals surface area (Å²) < 4.78 is 18.5. The number of carbonyl (C=O) groups excluding carboxylic acids is 1. The molecule has 0 bridgehead atoms.